The van der Waals surface area contributed by atoms with Crippen molar-refractivity contribution in [2.75, 3.05) is 10.6 Å². The summed E-state index contributed by atoms with van der Waals surface area (Å²) in [5.74, 6) is 0.811. The summed E-state index contributed by atoms with van der Waals surface area (Å²) in [5, 5.41) is 9.67. The van der Waals surface area contributed by atoms with Gasteiger partial charge in [-0.3, -0.25) is 9.59 Å². The smallest absolute Gasteiger partial charge is 0.227 e. The molecule has 2 heterocycles. The SMILES string of the molecule is Cl.O=C(CC1CC2CCC(C1)N2)Nc1cccc(NC(=O)C2CCCCC2)c1. The lowest BCUT2D eigenvalue weighted by atomic mass is 9.88. The van der Waals surface area contributed by atoms with Crippen molar-refractivity contribution in [2.24, 2.45) is 11.8 Å². The number of amides is 2. The predicted octanol–water partition coefficient (Wildman–Crippen LogP) is 4.49. The zero-order chi connectivity index (χ0) is 18.6. The van der Waals surface area contributed by atoms with Crippen LogP contribution in [0.15, 0.2) is 24.3 Å². The van der Waals surface area contributed by atoms with Gasteiger partial charge in [0.15, 0.2) is 0 Å². The van der Waals surface area contributed by atoms with E-state index in [0.717, 1.165) is 49.9 Å². The summed E-state index contributed by atoms with van der Waals surface area (Å²) in [7, 11) is 0. The number of benzene rings is 1. The third-order valence-corrected chi connectivity index (χ3v) is 6.43. The molecule has 0 spiro atoms. The first-order chi connectivity index (χ1) is 13.2. The third-order valence-electron chi connectivity index (χ3n) is 6.43. The highest BCUT2D eigenvalue weighted by molar-refractivity contribution is 5.95. The molecule has 3 fully saturated rings. The molecule has 1 aromatic rings. The molecule has 0 aromatic heterocycles. The highest BCUT2D eigenvalue weighted by Gasteiger charge is 2.34. The molecule has 0 radical (unpaired) electrons. The summed E-state index contributed by atoms with van der Waals surface area (Å²) in [5.41, 5.74) is 1.53. The molecule has 2 atom stereocenters. The standard InChI is InChI=1S/C22H31N3O2.ClH/c26-21(13-15-11-19-9-10-20(12-15)23-19)24-17-7-4-8-18(14-17)25-22(27)16-5-2-1-3-6-16;/h4,7-8,14-16,19-20,23H,1-3,5-6,9-13H2,(H,24,26)(H,25,27);1H. The lowest BCUT2D eigenvalue weighted by molar-refractivity contribution is -0.120. The molecule has 6 heteroatoms. The number of carbonyl (C=O) groups is 2. The van der Waals surface area contributed by atoms with E-state index in [1.807, 2.05) is 24.3 Å². The zero-order valence-corrected chi connectivity index (χ0v) is 17.2. The third kappa shape index (κ3) is 5.48. The van der Waals surface area contributed by atoms with Gasteiger partial charge in [-0.2, -0.15) is 0 Å². The van der Waals surface area contributed by atoms with E-state index in [1.54, 1.807) is 0 Å². The van der Waals surface area contributed by atoms with Gasteiger partial charge >= 0.3 is 0 Å². The maximum absolute atomic E-state index is 12.5. The topological polar surface area (TPSA) is 70.2 Å². The van der Waals surface area contributed by atoms with Gasteiger partial charge in [0.2, 0.25) is 11.8 Å². The normalized spacial score (nSPS) is 26.9. The van der Waals surface area contributed by atoms with E-state index in [9.17, 15) is 9.59 Å². The number of fused-ring (bicyclic) bond motifs is 2. The fourth-order valence-corrected chi connectivity index (χ4v) is 5.10. The zero-order valence-electron chi connectivity index (χ0n) is 16.4. The van der Waals surface area contributed by atoms with Gasteiger partial charge in [-0.1, -0.05) is 25.3 Å². The van der Waals surface area contributed by atoms with Crippen LogP contribution in [0.1, 0.15) is 64.2 Å². The Bertz CT molecular complexity index is 678. The second-order valence-corrected chi connectivity index (χ2v) is 8.63. The van der Waals surface area contributed by atoms with Crippen LogP contribution in [-0.4, -0.2) is 23.9 Å². The minimum absolute atomic E-state index is 0. The summed E-state index contributed by atoms with van der Waals surface area (Å²) in [6.07, 6.45) is 10.8. The van der Waals surface area contributed by atoms with E-state index in [0.29, 0.717) is 24.4 Å². The van der Waals surface area contributed by atoms with Crippen LogP contribution in [0.25, 0.3) is 0 Å². The largest absolute Gasteiger partial charge is 0.326 e. The molecule has 2 unspecified atom stereocenters. The summed E-state index contributed by atoms with van der Waals surface area (Å²) < 4.78 is 0. The number of hydrogen-bond acceptors (Lipinski definition) is 3. The van der Waals surface area contributed by atoms with Gasteiger partial charge in [0.05, 0.1) is 0 Å². The second-order valence-electron chi connectivity index (χ2n) is 8.63. The summed E-state index contributed by atoms with van der Waals surface area (Å²) >= 11 is 0. The van der Waals surface area contributed by atoms with Crippen molar-refractivity contribution in [3.8, 4) is 0 Å². The molecule has 1 aromatic carbocycles. The van der Waals surface area contributed by atoms with Crippen molar-refractivity contribution in [3.63, 3.8) is 0 Å². The minimum Gasteiger partial charge on any atom is -0.326 e. The first-order valence-corrected chi connectivity index (χ1v) is 10.6. The lowest BCUT2D eigenvalue weighted by Gasteiger charge is -2.28. The average Bonchev–Trinajstić information content (AvgIpc) is 3.01. The summed E-state index contributed by atoms with van der Waals surface area (Å²) in [4.78, 5) is 24.9. The molecule has 3 aliphatic rings. The number of carbonyl (C=O) groups excluding carboxylic acids is 2. The molecule has 28 heavy (non-hydrogen) atoms. The van der Waals surface area contributed by atoms with Crippen molar-refractivity contribution in [3.05, 3.63) is 24.3 Å². The number of nitrogens with one attached hydrogen (secondary N) is 3. The molecule has 2 amide bonds. The van der Waals surface area contributed by atoms with Crippen LogP contribution in [0.4, 0.5) is 11.4 Å². The lowest BCUT2D eigenvalue weighted by Crippen LogP contribution is -2.39. The molecule has 154 valence electrons. The van der Waals surface area contributed by atoms with E-state index in [-0.39, 0.29) is 30.1 Å². The Morgan fingerprint density at radius 2 is 1.57 bits per heavy atom. The Balaban J connectivity index is 0.00000225. The van der Waals surface area contributed by atoms with Gasteiger partial charge in [0.25, 0.3) is 0 Å². The van der Waals surface area contributed by atoms with Gasteiger partial charge in [-0.15, -0.1) is 12.4 Å². The second kappa shape index (κ2) is 9.75. The van der Waals surface area contributed by atoms with E-state index in [4.69, 9.17) is 0 Å². The molecular weight excluding hydrogens is 374 g/mol. The molecular formula is C22H32ClN3O2. The van der Waals surface area contributed by atoms with Gasteiger partial charge in [0.1, 0.15) is 0 Å². The number of piperidine rings is 1. The van der Waals surface area contributed by atoms with Crippen LogP contribution in [0.3, 0.4) is 0 Å². The van der Waals surface area contributed by atoms with Gasteiger partial charge in [-0.05, 0) is 62.6 Å². The van der Waals surface area contributed by atoms with Crippen molar-refractivity contribution in [2.45, 2.75) is 76.3 Å². The highest BCUT2D eigenvalue weighted by Crippen LogP contribution is 2.33. The molecule has 5 nitrogen and oxygen atoms in total. The number of anilines is 2. The van der Waals surface area contributed by atoms with Gasteiger partial charge in [0, 0.05) is 35.8 Å². The predicted molar refractivity (Wildman–Crippen MR) is 115 cm³/mol. The van der Waals surface area contributed by atoms with Crippen LogP contribution in [0.2, 0.25) is 0 Å². The van der Waals surface area contributed by atoms with E-state index >= 15 is 0 Å². The Hall–Kier alpha value is -1.59. The Morgan fingerprint density at radius 3 is 2.25 bits per heavy atom. The molecule has 2 saturated heterocycles. The van der Waals surface area contributed by atoms with Crippen LogP contribution in [0.5, 0.6) is 0 Å². The van der Waals surface area contributed by atoms with Crippen molar-refractivity contribution >= 4 is 35.6 Å². The van der Waals surface area contributed by atoms with Crippen molar-refractivity contribution in [1.82, 2.24) is 5.32 Å². The van der Waals surface area contributed by atoms with Crippen molar-refractivity contribution < 1.29 is 9.59 Å². The molecule has 4 rings (SSSR count). The first-order valence-electron chi connectivity index (χ1n) is 10.6. The van der Waals surface area contributed by atoms with Crippen LogP contribution in [0, 0.1) is 11.8 Å². The monoisotopic (exact) mass is 405 g/mol. The Labute approximate surface area is 173 Å². The highest BCUT2D eigenvalue weighted by atomic mass is 35.5. The first kappa shape index (κ1) is 21.1. The molecule has 1 aliphatic carbocycles. The Morgan fingerprint density at radius 1 is 0.929 bits per heavy atom. The van der Waals surface area contributed by atoms with E-state index in [1.165, 1.54) is 19.3 Å². The summed E-state index contributed by atoms with van der Waals surface area (Å²) in [6, 6.07) is 8.75. The molecule has 2 bridgehead atoms. The van der Waals surface area contributed by atoms with Crippen LogP contribution >= 0.6 is 12.4 Å². The quantitative estimate of drug-likeness (QED) is 0.676. The molecule has 1 saturated carbocycles. The van der Waals surface area contributed by atoms with Gasteiger partial charge < -0.3 is 16.0 Å². The fraction of sp³-hybridized carbons (Fsp3) is 0.636. The Kier molecular flexibility index (Phi) is 7.36. The van der Waals surface area contributed by atoms with Crippen LogP contribution in [-0.2, 0) is 9.59 Å². The van der Waals surface area contributed by atoms with Crippen LogP contribution < -0.4 is 16.0 Å². The molecule has 2 aliphatic heterocycles. The maximum atomic E-state index is 12.5. The van der Waals surface area contributed by atoms with Gasteiger partial charge in [-0.25, -0.2) is 0 Å². The number of halogens is 1. The number of rotatable bonds is 5. The molecule has 3 N–H and O–H groups in total. The summed E-state index contributed by atoms with van der Waals surface area (Å²) in [6.45, 7) is 0. The van der Waals surface area contributed by atoms with E-state index < -0.39 is 0 Å². The maximum Gasteiger partial charge on any atom is 0.227 e. The minimum atomic E-state index is 0. The van der Waals surface area contributed by atoms with Crippen molar-refractivity contribution in [1.29, 1.82) is 0 Å². The number of hydrogen-bond donors (Lipinski definition) is 3. The average molecular weight is 406 g/mol. The van der Waals surface area contributed by atoms with E-state index in [2.05, 4.69) is 16.0 Å². The fourth-order valence-electron chi connectivity index (χ4n) is 5.10.